The van der Waals surface area contributed by atoms with Crippen LogP contribution in [0.2, 0.25) is 0 Å². The van der Waals surface area contributed by atoms with Crippen molar-refractivity contribution in [3.05, 3.63) is 34.9 Å². The highest BCUT2D eigenvalue weighted by atomic mass is 16.3. The van der Waals surface area contributed by atoms with Gasteiger partial charge in [0.05, 0.1) is 5.60 Å². The topological polar surface area (TPSA) is 20.2 Å². The van der Waals surface area contributed by atoms with Crippen LogP contribution in [0.5, 0.6) is 0 Å². The van der Waals surface area contributed by atoms with Gasteiger partial charge >= 0.3 is 0 Å². The minimum Gasteiger partial charge on any atom is -0.385 e. The Morgan fingerprint density at radius 2 is 1.88 bits per heavy atom. The van der Waals surface area contributed by atoms with E-state index in [-0.39, 0.29) is 0 Å². The van der Waals surface area contributed by atoms with Crippen molar-refractivity contribution < 1.29 is 5.11 Å². The van der Waals surface area contributed by atoms with E-state index in [1.807, 2.05) is 0 Å². The zero-order valence-corrected chi connectivity index (χ0v) is 11.5. The molecule has 2 rings (SSSR count). The van der Waals surface area contributed by atoms with Crippen LogP contribution in [0.1, 0.15) is 49.8 Å². The van der Waals surface area contributed by atoms with E-state index in [2.05, 4.69) is 45.9 Å². The van der Waals surface area contributed by atoms with E-state index in [0.29, 0.717) is 5.92 Å². The molecule has 1 aliphatic rings. The molecule has 1 fully saturated rings. The molecule has 1 aromatic rings. The second kappa shape index (κ2) is 4.45. The lowest BCUT2D eigenvalue weighted by molar-refractivity contribution is -0.0341. The van der Waals surface area contributed by atoms with Crippen LogP contribution in [0.15, 0.2) is 18.2 Å². The van der Waals surface area contributed by atoms with Gasteiger partial charge in [-0.3, -0.25) is 0 Å². The summed E-state index contributed by atoms with van der Waals surface area (Å²) in [6.45, 7) is 8.82. The van der Waals surface area contributed by atoms with Crippen molar-refractivity contribution in [3.8, 4) is 0 Å². The summed E-state index contributed by atoms with van der Waals surface area (Å²) in [7, 11) is 0. The van der Waals surface area contributed by atoms with Gasteiger partial charge in [0.15, 0.2) is 0 Å². The van der Waals surface area contributed by atoms with E-state index in [1.165, 1.54) is 11.1 Å². The molecule has 1 aliphatic carbocycles. The minimum atomic E-state index is -0.595. The molecule has 0 amide bonds. The fourth-order valence-corrected chi connectivity index (χ4v) is 3.09. The molecule has 0 saturated heterocycles. The number of hydrogen-bond acceptors (Lipinski definition) is 1. The molecule has 0 aliphatic heterocycles. The molecular formula is C16H24O. The highest BCUT2D eigenvalue weighted by Gasteiger charge is 2.38. The van der Waals surface area contributed by atoms with Crippen LogP contribution in [-0.4, -0.2) is 5.11 Å². The predicted molar refractivity (Wildman–Crippen MR) is 72.0 cm³/mol. The Morgan fingerprint density at radius 1 is 1.18 bits per heavy atom. The lowest BCUT2D eigenvalue weighted by Crippen LogP contribution is -2.36. The quantitative estimate of drug-likeness (QED) is 0.777. The Morgan fingerprint density at radius 3 is 2.53 bits per heavy atom. The second-order valence-corrected chi connectivity index (χ2v) is 5.98. The molecule has 17 heavy (non-hydrogen) atoms. The van der Waals surface area contributed by atoms with Crippen molar-refractivity contribution in [1.29, 1.82) is 0 Å². The summed E-state index contributed by atoms with van der Waals surface area (Å²) in [6.07, 6.45) is 2.94. The summed E-state index contributed by atoms with van der Waals surface area (Å²) in [5.41, 5.74) is 3.09. The molecule has 0 heterocycles. The summed E-state index contributed by atoms with van der Waals surface area (Å²) in [6, 6.07) is 6.29. The molecule has 94 valence electrons. The molecular weight excluding hydrogens is 208 g/mol. The van der Waals surface area contributed by atoms with E-state index in [9.17, 15) is 5.11 Å². The standard InChI is InChI=1S/C16H24O/c1-11-8-9-16(17,10-13(11)3)15-7-5-6-12(2)14(15)4/h5-7,11,13,17H,8-10H2,1-4H3. The molecule has 3 unspecified atom stereocenters. The highest BCUT2D eigenvalue weighted by Crippen LogP contribution is 2.43. The van der Waals surface area contributed by atoms with E-state index < -0.39 is 5.60 Å². The van der Waals surface area contributed by atoms with Gasteiger partial charge < -0.3 is 5.11 Å². The average molecular weight is 232 g/mol. The third-order valence-corrected chi connectivity index (χ3v) is 4.75. The fraction of sp³-hybridized carbons (Fsp3) is 0.625. The third-order valence-electron chi connectivity index (χ3n) is 4.75. The van der Waals surface area contributed by atoms with E-state index in [4.69, 9.17) is 0 Å². The van der Waals surface area contributed by atoms with Crippen LogP contribution < -0.4 is 0 Å². The summed E-state index contributed by atoms with van der Waals surface area (Å²) >= 11 is 0. The fourth-order valence-electron chi connectivity index (χ4n) is 3.09. The molecule has 1 saturated carbocycles. The minimum absolute atomic E-state index is 0.595. The van der Waals surface area contributed by atoms with Crippen LogP contribution in [0.3, 0.4) is 0 Å². The number of rotatable bonds is 1. The Balaban J connectivity index is 2.35. The van der Waals surface area contributed by atoms with Crippen molar-refractivity contribution in [3.63, 3.8) is 0 Å². The summed E-state index contributed by atoms with van der Waals surface area (Å²) in [5.74, 6) is 1.34. The number of benzene rings is 1. The van der Waals surface area contributed by atoms with Gasteiger partial charge in [0.1, 0.15) is 0 Å². The summed E-state index contributed by atoms with van der Waals surface area (Å²) in [5, 5.41) is 10.9. The molecule has 0 spiro atoms. The Hall–Kier alpha value is -0.820. The number of aryl methyl sites for hydroxylation is 1. The maximum Gasteiger partial charge on any atom is 0.0902 e. The second-order valence-electron chi connectivity index (χ2n) is 5.98. The Labute approximate surface area is 105 Å². The maximum atomic E-state index is 10.9. The molecule has 1 aromatic carbocycles. The predicted octanol–water partition coefficient (Wildman–Crippen LogP) is 3.95. The zero-order chi connectivity index (χ0) is 12.6. The van der Waals surface area contributed by atoms with E-state index in [1.54, 1.807) is 0 Å². The molecule has 1 N–H and O–H groups in total. The summed E-state index contributed by atoms with van der Waals surface area (Å²) < 4.78 is 0. The van der Waals surface area contributed by atoms with Gasteiger partial charge in [-0.05, 0) is 61.6 Å². The third kappa shape index (κ3) is 2.26. The van der Waals surface area contributed by atoms with Crippen LogP contribution in [0.4, 0.5) is 0 Å². The number of aliphatic hydroxyl groups is 1. The van der Waals surface area contributed by atoms with Crippen LogP contribution >= 0.6 is 0 Å². The summed E-state index contributed by atoms with van der Waals surface area (Å²) in [4.78, 5) is 0. The van der Waals surface area contributed by atoms with Crippen molar-refractivity contribution in [2.75, 3.05) is 0 Å². The Bertz CT molecular complexity index is 410. The van der Waals surface area contributed by atoms with Gasteiger partial charge in [-0.15, -0.1) is 0 Å². The first-order chi connectivity index (χ1) is 7.94. The van der Waals surface area contributed by atoms with Gasteiger partial charge in [-0.1, -0.05) is 32.0 Å². The van der Waals surface area contributed by atoms with Crippen LogP contribution in [0, 0.1) is 25.7 Å². The van der Waals surface area contributed by atoms with E-state index >= 15 is 0 Å². The molecule has 0 radical (unpaired) electrons. The van der Waals surface area contributed by atoms with Crippen molar-refractivity contribution >= 4 is 0 Å². The van der Waals surface area contributed by atoms with Gasteiger partial charge in [-0.25, -0.2) is 0 Å². The molecule has 3 atom stereocenters. The monoisotopic (exact) mass is 232 g/mol. The maximum absolute atomic E-state index is 10.9. The largest absolute Gasteiger partial charge is 0.385 e. The molecule has 1 nitrogen and oxygen atoms in total. The highest BCUT2D eigenvalue weighted by molar-refractivity contribution is 5.37. The zero-order valence-electron chi connectivity index (χ0n) is 11.5. The van der Waals surface area contributed by atoms with Gasteiger partial charge in [0, 0.05) is 0 Å². The van der Waals surface area contributed by atoms with Crippen LogP contribution in [0.25, 0.3) is 0 Å². The lowest BCUT2D eigenvalue weighted by Gasteiger charge is -2.40. The van der Waals surface area contributed by atoms with Gasteiger partial charge in [0.25, 0.3) is 0 Å². The lowest BCUT2D eigenvalue weighted by atomic mass is 9.69. The van der Waals surface area contributed by atoms with Crippen LogP contribution in [-0.2, 0) is 5.60 Å². The first kappa shape index (κ1) is 12.6. The molecule has 0 bridgehead atoms. The number of hydrogen-bond donors (Lipinski definition) is 1. The van der Waals surface area contributed by atoms with Gasteiger partial charge in [0.2, 0.25) is 0 Å². The van der Waals surface area contributed by atoms with Gasteiger partial charge in [-0.2, -0.15) is 0 Å². The van der Waals surface area contributed by atoms with Crippen molar-refractivity contribution in [2.45, 2.75) is 52.6 Å². The first-order valence-corrected chi connectivity index (χ1v) is 6.73. The first-order valence-electron chi connectivity index (χ1n) is 6.73. The smallest absolute Gasteiger partial charge is 0.0902 e. The average Bonchev–Trinajstić information content (AvgIpc) is 2.28. The molecule has 1 heteroatoms. The van der Waals surface area contributed by atoms with E-state index in [0.717, 1.165) is 30.7 Å². The molecule has 0 aromatic heterocycles. The van der Waals surface area contributed by atoms with Crippen molar-refractivity contribution in [1.82, 2.24) is 0 Å². The Kier molecular flexibility index (Phi) is 3.31. The SMILES string of the molecule is Cc1cccc(C2(O)CCC(C)C(C)C2)c1C. The van der Waals surface area contributed by atoms with Crippen molar-refractivity contribution in [2.24, 2.45) is 11.8 Å². The normalized spacial score (nSPS) is 33.7.